The molecule has 0 radical (unpaired) electrons. The molecule has 3 N–H and O–H groups in total. The molecule has 11 atom stereocenters. The Labute approximate surface area is 174 Å². The normalized spacial score (nSPS) is 52.9. The predicted octanol–water partition coefficient (Wildman–Crippen LogP) is 4.43. The van der Waals surface area contributed by atoms with Crippen molar-refractivity contribution in [1.82, 2.24) is 0 Å². The number of carboxylic acid groups (broad SMARTS) is 1. The van der Waals surface area contributed by atoms with Crippen molar-refractivity contribution in [3.05, 3.63) is 0 Å². The molecule has 0 heterocycles. The SMILES string of the molecule is C[C@H](CCC(=O)O)[C@H]1CC[C@H]2[C@@H]3[C@@H](O)C[C@@H]4C[C@H](O)[C@H](F)C[C@]4(C)[C@H]3CC[C@]12C. The number of hydrogen-bond acceptors (Lipinski definition) is 3. The first-order valence-electron chi connectivity index (χ1n) is 11.8. The fourth-order valence-corrected chi connectivity index (χ4v) is 8.73. The van der Waals surface area contributed by atoms with E-state index < -0.39 is 18.2 Å². The van der Waals surface area contributed by atoms with E-state index in [0.717, 1.165) is 32.1 Å². The predicted molar refractivity (Wildman–Crippen MR) is 109 cm³/mol. The highest BCUT2D eigenvalue weighted by molar-refractivity contribution is 5.66. The molecule has 4 fully saturated rings. The number of rotatable bonds is 4. The summed E-state index contributed by atoms with van der Waals surface area (Å²) in [5.74, 6) is 1.35. The molecule has 0 unspecified atom stereocenters. The molecule has 29 heavy (non-hydrogen) atoms. The van der Waals surface area contributed by atoms with Crippen molar-refractivity contribution in [3.8, 4) is 0 Å². The van der Waals surface area contributed by atoms with Crippen molar-refractivity contribution < 1.29 is 24.5 Å². The van der Waals surface area contributed by atoms with Crippen molar-refractivity contribution in [2.45, 2.75) is 96.9 Å². The zero-order valence-electron chi connectivity index (χ0n) is 18.2. The summed E-state index contributed by atoms with van der Waals surface area (Å²) in [6.45, 7) is 6.81. The van der Waals surface area contributed by atoms with Crippen molar-refractivity contribution in [2.75, 3.05) is 0 Å². The molecule has 4 saturated carbocycles. The fraction of sp³-hybridized carbons (Fsp3) is 0.958. The van der Waals surface area contributed by atoms with E-state index in [-0.39, 0.29) is 35.2 Å². The van der Waals surface area contributed by atoms with Crippen LogP contribution in [0.1, 0.15) is 78.6 Å². The second kappa shape index (κ2) is 7.47. The van der Waals surface area contributed by atoms with Crippen molar-refractivity contribution in [3.63, 3.8) is 0 Å². The van der Waals surface area contributed by atoms with E-state index in [1.54, 1.807) is 0 Å². The van der Waals surface area contributed by atoms with Gasteiger partial charge in [0.15, 0.2) is 0 Å². The first-order valence-corrected chi connectivity index (χ1v) is 11.8. The molecule has 0 aromatic rings. The van der Waals surface area contributed by atoms with Gasteiger partial charge in [-0.25, -0.2) is 4.39 Å². The van der Waals surface area contributed by atoms with E-state index in [4.69, 9.17) is 5.11 Å². The van der Waals surface area contributed by atoms with Crippen LogP contribution in [0.4, 0.5) is 4.39 Å². The molecule has 0 aromatic heterocycles. The van der Waals surface area contributed by atoms with Crippen molar-refractivity contribution in [2.24, 2.45) is 46.3 Å². The molecule has 0 aromatic carbocycles. The summed E-state index contributed by atoms with van der Waals surface area (Å²) in [5, 5.41) is 30.4. The van der Waals surface area contributed by atoms with Gasteiger partial charge in [0.25, 0.3) is 0 Å². The van der Waals surface area contributed by atoms with E-state index in [2.05, 4.69) is 20.8 Å². The van der Waals surface area contributed by atoms with Gasteiger partial charge in [-0.2, -0.15) is 0 Å². The Hall–Kier alpha value is -0.680. The molecule has 0 saturated heterocycles. The van der Waals surface area contributed by atoms with Gasteiger partial charge in [-0.05, 0) is 97.7 Å². The van der Waals surface area contributed by atoms with Crippen LogP contribution in [-0.2, 0) is 4.79 Å². The second-order valence-electron chi connectivity index (χ2n) is 11.5. The molecule has 0 amide bonds. The molecule has 0 bridgehead atoms. The van der Waals surface area contributed by atoms with Crippen LogP contribution in [0.2, 0.25) is 0 Å². The van der Waals surface area contributed by atoms with E-state index in [9.17, 15) is 19.4 Å². The Morgan fingerprint density at radius 1 is 1.07 bits per heavy atom. The lowest BCUT2D eigenvalue weighted by molar-refractivity contribution is -0.186. The van der Waals surface area contributed by atoms with Crippen LogP contribution in [0, 0.1) is 46.3 Å². The van der Waals surface area contributed by atoms with Gasteiger partial charge in [-0.1, -0.05) is 20.8 Å². The van der Waals surface area contributed by atoms with Gasteiger partial charge in [0.2, 0.25) is 0 Å². The number of fused-ring (bicyclic) bond motifs is 5. The maximum Gasteiger partial charge on any atom is 0.303 e. The third kappa shape index (κ3) is 3.35. The van der Waals surface area contributed by atoms with Crippen molar-refractivity contribution in [1.29, 1.82) is 0 Å². The summed E-state index contributed by atoms with van der Waals surface area (Å²) < 4.78 is 14.5. The average Bonchev–Trinajstić information content (AvgIpc) is 2.99. The van der Waals surface area contributed by atoms with Gasteiger partial charge in [0, 0.05) is 6.42 Å². The second-order valence-corrected chi connectivity index (χ2v) is 11.5. The van der Waals surface area contributed by atoms with Crippen LogP contribution >= 0.6 is 0 Å². The Morgan fingerprint density at radius 2 is 1.72 bits per heavy atom. The average molecular weight is 411 g/mol. The third-order valence-electron chi connectivity index (χ3n) is 10.2. The van der Waals surface area contributed by atoms with Gasteiger partial charge in [0.05, 0.1) is 12.2 Å². The maximum atomic E-state index is 14.5. The minimum absolute atomic E-state index is 0.128. The molecule has 4 aliphatic rings. The van der Waals surface area contributed by atoms with Crippen LogP contribution in [0.15, 0.2) is 0 Å². The smallest absolute Gasteiger partial charge is 0.303 e. The summed E-state index contributed by atoms with van der Waals surface area (Å²) in [6, 6.07) is 0. The van der Waals surface area contributed by atoms with Crippen LogP contribution in [0.3, 0.4) is 0 Å². The molecule has 4 nitrogen and oxygen atoms in total. The van der Waals surface area contributed by atoms with Crippen LogP contribution in [-0.4, -0.2) is 39.7 Å². The van der Waals surface area contributed by atoms with Crippen LogP contribution in [0.5, 0.6) is 0 Å². The molecular weight excluding hydrogens is 371 g/mol. The van der Waals surface area contributed by atoms with Crippen LogP contribution < -0.4 is 0 Å². The first-order chi connectivity index (χ1) is 13.6. The van der Waals surface area contributed by atoms with Gasteiger partial charge in [0.1, 0.15) is 6.17 Å². The molecule has 166 valence electrons. The highest BCUT2D eigenvalue weighted by atomic mass is 19.1. The standard InChI is InChI=1S/C24H39FO4/c1-13(4-7-21(28)29)15-5-6-16-22-17(8-9-23(15,16)2)24(3)12-18(25)19(26)10-14(24)11-20(22)27/h13-20,22,26-27H,4-12H2,1-3H3,(H,28,29)/t13-,14+,15-,16+,17+,18-,19+,20+,22+,23-,24+/m1/s1. The summed E-state index contributed by atoms with van der Waals surface area (Å²) in [6.07, 6.45) is 4.48. The molecule has 0 spiro atoms. The highest BCUT2D eigenvalue weighted by Gasteiger charge is 2.63. The van der Waals surface area contributed by atoms with Crippen molar-refractivity contribution >= 4 is 5.97 Å². The number of alkyl halides is 1. The van der Waals surface area contributed by atoms with Gasteiger partial charge in [-0.3, -0.25) is 4.79 Å². The fourth-order valence-electron chi connectivity index (χ4n) is 8.73. The van der Waals surface area contributed by atoms with E-state index in [1.807, 2.05) is 0 Å². The number of halogens is 1. The minimum atomic E-state index is -1.15. The van der Waals surface area contributed by atoms with Gasteiger partial charge < -0.3 is 15.3 Å². The lowest BCUT2D eigenvalue weighted by Gasteiger charge is -2.62. The van der Waals surface area contributed by atoms with E-state index >= 15 is 0 Å². The zero-order chi connectivity index (χ0) is 21.1. The minimum Gasteiger partial charge on any atom is -0.481 e. The maximum absolute atomic E-state index is 14.5. The monoisotopic (exact) mass is 410 g/mol. The van der Waals surface area contributed by atoms with Gasteiger partial charge in [-0.15, -0.1) is 0 Å². The number of aliphatic hydroxyl groups is 2. The van der Waals surface area contributed by atoms with E-state index in [0.29, 0.717) is 42.9 Å². The Bertz CT molecular complexity index is 640. The Morgan fingerprint density at radius 3 is 2.41 bits per heavy atom. The number of carboxylic acids is 1. The molecule has 4 rings (SSSR count). The topological polar surface area (TPSA) is 77.8 Å². The summed E-state index contributed by atoms with van der Waals surface area (Å²) >= 11 is 0. The summed E-state index contributed by atoms with van der Waals surface area (Å²) in [7, 11) is 0. The Kier molecular flexibility index (Phi) is 5.55. The van der Waals surface area contributed by atoms with Crippen LogP contribution in [0.25, 0.3) is 0 Å². The Balaban J connectivity index is 1.57. The molecule has 4 aliphatic carbocycles. The van der Waals surface area contributed by atoms with E-state index in [1.165, 1.54) is 0 Å². The lowest BCUT2D eigenvalue weighted by Crippen LogP contribution is -2.60. The largest absolute Gasteiger partial charge is 0.481 e. The highest BCUT2D eigenvalue weighted by Crippen LogP contribution is 2.68. The molecular formula is C24H39FO4. The zero-order valence-corrected chi connectivity index (χ0v) is 18.2. The summed E-state index contributed by atoms with van der Waals surface area (Å²) in [4.78, 5) is 11.0. The lowest BCUT2D eigenvalue weighted by atomic mass is 9.43. The molecule has 5 heteroatoms. The molecule has 0 aliphatic heterocycles. The number of aliphatic hydroxyl groups excluding tert-OH is 2. The first kappa shape index (κ1) is 21.5. The number of aliphatic carboxylic acids is 1. The quantitative estimate of drug-likeness (QED) is 0.641. The number of hydrogen-bond donors (Lipinski definition) is 3. The number of carbonyl (C=O) groups is 1. The third-order valence-corrected chi connectivity index (χ3v) is 10.2. The summed E-state index contributed by atoms with van der Waals surface area (Å²) in [5.41, 5.74) is 0.0173. The van der Waals surface area contributed by atoms with Gasteiger partial charge >= 0.3 is 5.97 Å².